The number of rotatable bonds is 22. The molecule has 0 aromatic carbocycles. The number of hydrogen-bond donors (Lipinski definition) is 2. The van der Waals surface area contributed by atoms with Crippen molar-refractivity contribution in [3.63, 3.8) is 0 Å². The molecule has 0 aliphatic heterocycles. The number of unbranched alkanes of at least 4 members (excludes halogenated alkanes) is 16. The maximum atomic E-state index is 11.4. The SMILES string of the molecule is CCCCCCCCCCCCNC(CCCCCCCCCC)C(=O)O. The van der Waals surface area contributed by atoms with Gasteiger partial charge in [0.15, 0.2) is 0 Å². The first-order valence-electron chi connectivity index (χ1n) is 12.2. The van der Waals surface area contributed by atoms with Gasteiger partial charge < -0.3 is 10.4 Å². The fourth-order valence-corrected chi connectivity index (χ4v) is 3.68. The number of carboxylic acid groups (broad SMARTS) is 1. The van der Waals surface area contributed by atoms with Crippen molar-refractivity contribution in [2.75, 3.05) is 6.54 Å². The topological polar surface area (TPSA) is 49.3 Å². The van der Waals surface area contributed by atoms with Crippen molar-refractivity contribution in [1.29, 1.82) is 0 Å². The zero-order chi connectivity index (χ0) is 20.0. The van der Waals surface area contributed by atoms with Gasteiger partial charge in [0.25, 0.3) is 0 Å². The highest BCUT2D eigenvalue weighted by Crippen LogP contribution is 2.12. The minimum atomic E-state index is -0.676. The molecule has 0 aliphatic carbocycles. The van der Waals surface area contributed by atoms with Crippen LogP contribution in [0.25, 0.3) is 0 Å². The number of carbonyl (C=O) groups is 1. The minimum Gasteiger partial charge on any atom is -0.480 e. The summed E-state index contributed by atoms with van der Waals surface area (Å²) in [5, 5.41) is 12.6. The minimum absolute atomic E-state index is 0.344. The molecule has 0 radical (unpaired) electrons. The van der Waals surface area contributed by atoms with Gasteiger partial charge in [-0.1, -0.05) is 123 Å². The van der Waals surface area contributed by atoms with Gasteiger partial charge in [-0.25, -0.2) is 0 Å². The van der Waals surface area contributed by atoms with Crippen molar-refractivity contribution < 1.29 is 9.90 Å². The summed E-state index contributed by atoms with van der Waals surface area (Å²) in [6, 6.07) is -0.344. The zero-order valence-corrected chi connectivity index (χ0v) is 18.6. The average Bonchev–Trinajstić information content (AvgIpc) is 2.66. The summed E-state index contributed by atoms with van der Waals surface area (Å²) in [6.45, 7) is 5.36. The van der Waals surface area contributed by atoms with Gasteiger partial charge in [-0.05, 0) is 19.4 Å². The van der Waals surface area contributed by atoms with Gasteiger partial charge in [-0.3, -0.25) is 4.79 Å². The van der Waals surface area contributed by atoms with Crippen molar-refractivity contribution in [3.8, 4) is 0 Å². The van der Waals surface area contributed by atoms with Crippen molar-refractivity contribution in [2.45, 2.75) is 142 Å². The highest BCUT2D eigenvalue weighted by molar-refractivity contribution is 5.73. The van der Waals surface area contributed by atoms with Crippen LogP contribution in [0.3, 0.4) is 0 Å². The molecule has 0 bridgehead atoms. The summed E-state index contributed by atoms with van der Waals surface area (Å²) in [4.78, 5) is 11.4. The van der Waals surface area contributed by atoms with Crippen LogP contribution < -0.4 is 5.32 Å². The van der Waals surface area contributed by atoms with E-state index in [1.54, 1.807) is 0 Å². The maximum Gasteiger partial charge on any atom is 0.320 e. The van der Waals surface area contributed by atoms with Gasteiger partial charge in [-0.2, -0.15) is 0 Å². The van der Waals surface area contributed by atoms with E-state index >= 15 is 0 Å². The molecule has 3 heteroatoms. The first-order valence-corrected chi connectivity index (χ1v) is 12.2. The molecule has 3 nitrogen and oxygen atoms in total. The standard InChI is InChI=1S/C24H49NO2/c1-3-5-7-9-11-13-14-16-18-20-22-25-23(24(26)27)21-19-17-15-12-10-8-6-4-2/h23,25H,3-22H2,1-2H3,(H,26,27). The molecule has 0 aromatic heterocycles. The Bertz CT molecular complexity index is 307. The number of carboxylic acids is 1. The molecular weight excluding hydrogens is 334 g/mol. The average molecular weight is 384 g/mol. The Morgan fingerprint density at radius 3 is 1.41 bits per heavy atom. The monoisotopic (exact) mass is 383 g/mol. The first kappa shape index (κ1) is 26.4. The molecule has 162 valence electrons. The molecule has 1 unspecified atom stereocenters. The summed E-state index contributed by atoms with van der Waals surface area (Å²) in [7, 11) is 0. The lowest BCUT2D eigenvalue weighted by Gasteiger charge is -2.14. The predicted octanol–water partition coefficient (Wildman–Crippen LogP) is 7.48. The van der Waals surface area contributed by atoms with Gasteiger partial charge in [0.05, 0.1) is 0 Å². The fourth-order valence-electron chi connectivity index (χ4n) is 3.68. The van der Waals surface area contributed by atoms with E-state index in [0.717, 1.165) is 25.8 Å². The van der Waals surface area contributed by atoms with Crippen LogP contribution in [-0.4, -0.2) is 23.7 Å². The van der Waals surface area contributed by atoms with Crippen molar-refractivity contribution >= 4 is 5.97 Å². The third-order valence-corrected chi connectivity index (χ3v) is 5.57. The van der Waals surface area contributed by atoms with Gasteiger partial charge in [0, 0.05) is 0 Å². The summed E-state index contributed by atoms with van der Waals surface area (Å²) in [6.07, 6.45) is 24.1. The van der Waals surface area contributed by atoms with E-state index < -0.39 is 5.97 Å². The zero-order valence-electron chi connectivity index (χ0n) is 18.6. The molecular formula is C24H49NO2. The van der Waals surface area contributed by atoms with Crippen LogP contribution >= 0.6 is 0 Å². The van der Waals surface area contributed by atoms with Gasteiger partial charge in [-0.15, -0.1) is 0 Å². The first-order chi connectivity index (χ1) is 13.2. The van der Waals surface area contributed by atoms with Crippen LogP contribution in [0.2, 0.25) is 0 Å². The molecule has 0 spiro atoms. The van der Waals surface area contributed by atoms with Gasteiger partial charge >= 0.3 is 5.97 Å². The molecule has 0 aromatic rings. The lowest BCUT2D eigenvalue weighted by atomic mass is 10.0. The molecule has 0 fully saturated rings. The van der Waals surface area contributed by atoms with Crippen LogP contribution in [0.5, 0.6) is 0 Å². The second-order valence-corrected chi connectivity index (χ2v) is 8.29. The molecule has 2 N–H and O–H groups in total. The Morgan fingerprint density at radius 1 is 0.630 bits per heavy atom. The lowest BCUT2D eigenvalue weighted by molar-refractivity contribution is -0.139. The van der Waals surface area contributed by atoms with E-state index in [4.69, 9.17) is 0 Å². The molecule has 0 amide bonds. The Labute approximate surface area is 170 Å². The van der Waals surface area contributed by atoms with Gasteiger partial charge in [0.2, 0.25) is 0 Å². The van der Waals surface area contributed by atoms with Crippen molar-refractivity contribution in [3.05, 3.63) is 0 Å². The van der Waals surface area contributed by atoms with Gasteiger partial charge in [0.1, 0.15) is 6.04 Å². The van der Waals surface area contributed by atoms with Crippen molar-refractivity contribution in [1.82, 2.24) is 5.32 Å². The molecule has 1 atom stereocenters. The highest BCUT2D eigenvalue weighted by atomic mass is 16.4. The largest absolute Gasteiger partial charge is 0.480 e. The second kappa shape index (κ2) is 21.7. The van der Waals surface area contributed by atoms with Crippen LogP contribution in [0, 0.1) is 0 Å². The molecule has 0 rings (SSSR count). The Kier molecular flexibility index (Phi) is 21.3. The fraction of sp³-hybridized carbons (Fsp3) is 0.958. The third kappa shape index (κ3) is 20.0. The highest BCUT2D eigenvalue weighted by Gasteiger charge is 2.15. The number of hydrogen-bond acceptors (Lipinski definition) is 2. The number of nitrogens with one attached hydrogen (secondary N) is 1. The van der Waals surface area contributed by atoms with E-state index in [1.165, 1.54) is 103 Å². The van der Waals surface area contributed by atoms with E-state index in [-0.39, 0.29) is 6.04 Å². The van der Waals surface area contributed by atoms with Crippen LogP contribution in [0.15, 0.2) is 0 Å². The summed E-state index contributed by atoms with van der Waals surface area (Å²) in [5.74, 6) is -0.676. The van der Waals surface area contributed by atoms with E-state index in [2.05, 4.69) is 19.2 Å². The Morgan fingerprint density at radius 2 is 1.00 bits per heavy atom. The smallest absolute Gasteiger partial charge is 0.320 e. The summed E-state index contributed by atoms with van der Waals surface area (Å²) < 4.78 is 0. The number of aliphatic carboxylic acids is 1. The Balaban J connectivity index is 3.45. The molecule has 0 saturated heterocycles. The predicted molar refractivity (Wildman–Crippen MR) is 118 cm³/mol. The quantitative estimate of drug-likeness (QED) is 0.190. The third-order valence-electron chi connectivity index (χ3n) is 5.57. The molecule has 0 heterocycles. The molecule has 27 heavy (non-hydrogen) atoms. The Hall–Kier alpha value is -0.570. The maximum absolute atomic E-state index is 11.4. The van der Waals surface area contributed by atoms with E-state index in [9.17, 15) is 9.90 Å². The van der Waals surface area contributed by atoms with E-state index in [1.807, 2.05) is 0 Å². The summed E-state index contributed by atoms with van der Waals surface area (Å²) in [5.41, 5.74) is 0. The summed E-state index contributed by atoms with van der Waals surface area (Å²) >= 11 is 0. The van der Waals surface area contributed by atoms with Crippen LogP contribution in [0.4, 0.5) is 0 Å². The van der Waals surface area contributed by atoms with Crippen LogP contribution in [0.1, 0.15) is 136 Å². The van der Waals surface area contributed by atoms with Crippen molar-refractivity contribution in [2.24, 2.45) is 0 Å². The van der Waals surface area contributed by atoms with Crippen LogP contribution in [-0.2, 0) is 4.79 Å². The second-order valence-electron chi connectivity index (χ2n) is 8.29. The lowest BCUT2D eigenvalue weighted by Crippen LogP contribution is -2.37. The molecule has 0 aliphatic rings. The molecule has 0 saturated carbocycles. The normalized spacial score (nSPS) is 12.4. The van der Waals surface area contributed by atoms with E-state index in [0.29, 0.717) is 0 Å².